The lowest BCUT2D eigenvalue weighted by molar-refractivity contribution is -0.129. The zero-order valence-electron chi connectivity index (χ0n) is 9.96. The average molecular weight is 242 g/mol. The van der Waals surface area contributed by atoms with Gasteiger partial charge < -0.3 is 10.2 Å². The molecule has 0 aromatic heterocycles. The maximum atomic E-state index is 13.3. The number of hydrogen-bond donors (Lipinski definition) is 1. The van der Waals surface area contributed by atoms with E-state index in [0.29, 0.717) is 13.1 Å². The average Bonchev–Trinajstić information content (AvgIpc) is 2.29. The zero-order valence-corrected chi connectivity index (χ0v) is 9.96. The lowest BCUT2D eigenvalue weighted by Crippen LogP contribution is -2.33. The van der Waals surface area contributed by atoms with Gasteiger partial charge in [-0.2, -0.15) is 0 Å². The van der Waals surface area contributed by atoms with Crippen LogP contribution in [0.4, 0.5) is 8.78 Å². The van der Waals surface area contributed by atoms with Crippen LogP contribution < -0.4 is 5.32 Å². The van der Waals surface area contributed by atoms with Crippen LogP contribution in [0.3, 0.4) is 0 Å². The second kappa shape index (κ2) is 6.30. The van der Waals surface area contributed by atoms with Crippen molar-refractivity contribution in [3.05, 3.63) is 35.4 Å². The number of halogens is 2. The molecule has 5 heteroatoms. The first-order valence-corrected chi connectivity index (χ1v) is 5.37. The van der Waals surface area contributed by atoms with Crippen molar-refractivity contribution in [2.75, 3.05) is 27.2 Å². The third-order valence-electron chi connectivity index (χ3n) is 2.48. The molecule has 0 unspecified atom stereocenters. The van der Waals surface area contributed by atoms with E-state index in [1.54, 1.807) is 14.1 Å². The van der Waals surface area contributed by atoms with Crippen LogP contribution in [0.1, 0.15) is 5.56 Å². The number of benzene rings is 1. The Hall–Kier alpha value is -1.49. The normalized spacial score (nSPS) is 10.4. The summed E-state index contributed by atoms with van der Waals surface area (Å²) in [5.74, 6) is -1.51. The molecule has 1 aromatic carbocycles. The summed E-state index contributed by atoms with van der Waals surface area (Å²) in [5, 5.41) is 2.92. The predicted molar refractivity (Wildman–Crippen MR) is 61.6 cm³/mol. The number of amides is 1. The fourth-order valence-electron chi connectivity index (χ4n) is 1.37. The number of rotatable bonds is 5. The van der Waals surface area contributed by atoms with E-state index in [4.69, 9.17) is 0 Å². The van der Waals surface area contributed by atoms with E-state index in [1.165, 1.54) is 11.0 Å². The summed E-state index contributed by atoms with van der Waals surface area (Å²) < 4.78 is 26.0. The fourth-order valence-corrected chi connectivity index (χ4v) is 1.37. The van der Waals surface area contributed by atoms with Gasteiger partial charge in [0.1, 0.15) is 11.6 Å². The Balaban J connectivity index is 2.61. The first kappa shape index (κ1) is 13.6. The molecule has 0 aliphatic rings. The standard InChI is InChI=1S/C12H16F2N2O/c1-15-5-6-16(2)12(17)7-9-3-4-10(13)8-11(9)14/h3-4,8,15H,5-7H2,1-2H3. The third kappa shape index (κ3) is 4.11. The molecule has 0 heterocycles. The molecular formula is C12H16F2N2O. The SMILES string of the molecule is CNCCN(C)C(=O)Cc1ccc(F)cc1F. The first-order valence-electron chi connectivity index (χ1n) is 5.37. The van der Waals surface area contributed by atoms with E-state index in [-0.39, 0.29) is 17.9 Å². The van der Waals surface area contributed by atoms with Crippen molar-refractivity contribution >= 4 is 5.91 Å². The lowest BCUT2D eigenvalue weighted by Gasteiger charge is -2.17. The molecule has 1 amide bonds. The van der Waals surface area contributed by atoms with Gasteiger partial charge in [0.25, 0.3) is 0 Å². The van der Waals surface area contributed by atoms with Gasteiger partial charge in [-0.15, -0.1) is 0 Å². The molecule has 0 radical (unpaired) electrons. The van der Waals surface area contributed by atoms with Crippen molar-refractivity contribution in [2.24, 2.45) is 0 Å². The Bertz CT molecular complexity index is 396. The molecule has 1 rings (SSSR count). The second-order valence-corrected chi connectivity index (χ2v) is 3.83. The highest BCUT2D eigenvalue weighted by Gasteiger charge is 2.12. The summed E-state index contributed by atoms with van der Waals surface area (Å²) in [6.45, 7) is 1.23. The van der Waals surface area contributed by atoms with E-state index in [9.17, 15) is 13.6 Å². The maximum absolute atomic E-state index is 13.3. The van der Waals surface area contributed by atoms with Gasteiger partial charge >= 0.3 is 0 Å². The van der Waals surface area contributed by atoms with Gasteiger partial charge in [-0.3, -0.25) is 4.79 Å². The molecule has 3 nitrogen and oxygen atoms in total. The highest BCUT2D eigenvalue weighted by molar-refractivity contribution is 5.78. The van der Waals surface area contributed by atoms with Crippen LogP contribution in [-0.2, 0) is 11.2 Å². The Labute approximate surface area is 99.4 Å². The van der Waals surface area contributed by atoms with Gasteiger partial charge in [0.15, 0.2) is 0 Å². The van der Waals surface area contributed by atoms with Gasteiger partial charge in [0.2, 0.25) is 5.91 Å². The molecule has 17 heavy (non-hydrogen) atoms. The van der Waals surface area contributed by atoms with E-state index < -0.39 is 11.6 Å². The van der Waals surface area contributed by atoms with E-state index in [0.717, 1.165) is 12.1 Å². The van der Waals surface area contributed by atoms with Crippen molar-refractivity contribution in [2.45, 2.75) is 6.42 Å². The van der Waals surface area contributed by atoms with Gasteiger partial charge in [-0.05, 0) is 18.7 Å². The summed E-state index contributed by atoms with van der Waals surface area (Å²) in [7, 11) is 3.44. The van der Waals surface area contributed by atoms with Crippen molar-refractivity contribution in [3.8, 4) is 0 Å². The summed E-state index contributed by atoms with van der Waals surface area (Å²) in [6.07, 6.45) is -0.0493. The van der Waals surface area contributed by atoms with Crippen LogP contribution in [0.25, 0.3) is 0 Å². The molecule has 1 N–H and O–H groups in total. The minimum atomic E-state index is -0.680. The van der Waals surface area contributed by atoms with Crippen molar-refractivity contribution in [1.29, 1.82) is 0 Å². The van der Waals surface area contributed by atoms with Crippen LogP contribution in [0.2, 0.25) is 0 Å². The molecule has 94 valence electrons. The Morgan fingerprint density at radius 1 is 1.41 bits per heavy atom. The van der Waals surface area contributed by atoms with E-state index in [2.05, 4.69) is 5.32 Å². The number of nitrogens with one attached hydrogen (secondary N) is 1. The number of likely N-dealkylation sites (N-methyl/N-ethyl adjacent to an activating group) is 2. The maximum Gasteiger partial charge on any atom is 0.226 e. The Morgan fingerprint density at radius 3 is 2.71 bits per heavy atom. The van der Waals surface area contributed by atoms with Crippen molar-refractivity contribution < 1.29 is 13.6 Å². The highest BCUT2D eigenvalue weighted by atomic mass is 19.1. The van der Waals surface area contributed by atoms with Crippen molar-refractivity contribution in [1.82, 2.24) is 10.2 Å². The van der Waals surface area contributed by atoms with Gasteiger partial charge in [-0.1, -0.05) is 6.07 Å². The van der Waals surface area contributed by atoms with E-state index in [1.807, 2.05) is 0 Å². The fraction of sp³-hybridized carbons (Fsp3) is 0.417. The summed E-state index contributed by atoms with van der Waals surface area (Å²) in [5.41, 5.74) is 0.215. The zero-order chi connectivity index (χ0) is 12.8. The van der Waals surface area contributed by atoms with Crippen LogP contribution in [0, 0.1) is 11.6 Å². The summed E-state index contributed by atoms with van der Waals surface area (Å²) in [6, 6.07) is 3.24. The minimum Gasteiger partial charge on any atom is -0.344 e. The molecule has 0 saturated carbocycles. The van der Waals surface area contributed by atoms with Crippen LogP contribution in [0.15, 0.2) is 18.2 Å². The van der Waals surface area contributed by atoms with Crippen LogP contribution >= 0.6 is 0 Å². The third-order valence-corrected chi connectivity index (χ3v) is 2.48. The number of carbonyl (C=O) groups is 1. The number of nitrogens with zero attached hydrogens (tertiary/aromatic N) is 1. The monoisotopic (exact) mass is 242 g/mol. The number of carbonyl (C=O) groups excluding carboxylic acids is 1. The van der Waals surface area contributed by atoms with Gasteiger partial charge in [-0.25, -0.2) is 8.78 Å². The molecule has 0 aliphatic heterocycles. The highest BCUT2D eigenvalue weighted by Crippen LogP contribution is 2.10. The van der Waals surface area contributed by atoms with E-state index >= 15 is 0 Å². The Morgan fingerprint density at radius 2 is 2.12 bits per heavy atom. The summed E-state index contributed by atoms with van der Waals surface area (Å²) >= 11 is 0. The first-order chi connectivity index (χ1) is 8.04. The molecule has 0 bridgehead atoms. The van der Waals surface area contributed by atoms with Crippen molar-refractivity contribution in [3.63, 3.8) is 0 Å². The minimum absolute atomic E-state index is 0.0493. The molecular weight excluding hydrogens is 226 g/mol. The topological polar surface area (TPSA) is 32.3 Å². The molecule has 0 fully saturated rings. The molecule has 0 aliphatic carbocycles. The summed E-state index contributed by atoms with van der Waals surface area (Å²) in [4.78, 5) is 13.2. The number of hydrogen-bond acceptors (Lipinski definition) is 2. The lowest BCUT2D eigenvalue weighted by atomic mass is 10.1. The molecule has 1 aromatic rings. The molecule has 0 saturated heterocycles. The molecule has 0 spiro atoms. The van der Waals surface area contributed by atoms with Crippen LogP contribution in [0.5, 0.6) is 0 Å². The molecule has 0 atom stereocenters. The van der Waals surface area contributed by atoms with Gasteiger partial charge in [0.05, 0.1) is 6.42 Å². The van der Waals surface area contributed by atoms with Crippen LogP contribution in [-0.4, -0.2) is 38.0 Å². The largest absolute Gasteiger partial charge is 0.344 e. The Kier molecular flexibility index (Phi) is 5.03. The predicted octanol–water partition coefficient (Wildman–Crippen LogP) is 1.19. The second-order valence-electron chi connectivity index (χ2n) is 3.83. The quantitative estimate of drug-likeness (QED) is 0.841. The van der Waals surface area contributed by atoms with Gasteiger partial charge in [0, 0.05) is 26.2 Å². The smallest absolute Gasteiger partial charge is 0.226 e.